The van der Waals surface area contributed by atoms with Gasteiger partial charge >= 0.3 is 5.97 Å². The van der Waals surface area contributed by atoms with E-state index in [1.165, 1.54) is 5.57 Å². The monoisotopic (exact) mass is 317 g/mol. The van der Waals surface area contributed by atoms with Crippen molar-refractivity contribution >= 4 is 17.2 Å². The van der Waals surface area contributed by atoms with Crippen LogP contribution in [0.1, 0.15) is 52.5 Å². The van der Waals surface area contributed by atoms with E-state index in [-0.39, 0.29) is 5.54 Å². The molecule has 0 radical (unpaired) electrons. The van der Waals surface area contributed by atoms with Crippen LogP contribution in [0, 0.1) is 0 Å². The molecule has 0 unspecified atom stereocenters. The molecule has 0 aliphatic carbocycles. The fourth-order valence-corrected chi connectivity index (χ4v) is 3.49. The minimum Gasteiger partial charge on any atom is -0.497 e. The van der Waals surface area contributed by atoms with Gasteiger partial charge in [0.1, 0.15) is 11.8 Å². The van der Waals surface area contributed by atoms with Crippen LogP contribution >= 0.6 is 0 Å². The lowest BCUT2D eigenvalue weighted by Gasteiger charge is -2.46. The molecule has 0 fully saturated rings. The van der Waals surface area contributed by atoms with Crippen LogP contribution in [0.25, 0.3) is 5.57 Å². The van der Waals surface area contributed by atoms with E-state index in [9.17, 15) is 9.90 Å². The van der Waals surface area contributed by atoms with Crippen molar-refractivity contribution in [2.24, 2.45) is 0 Å². The second-order valence-electron chi connectivity index (χ2n) is 6.73. The predicted molar refractivity (Wildman–Crippen MR) is 94.2 cm³/mol. The van der Waals surface area contributed by atoms with Crippen molar-refractivity contribution in [1.29, 1.82) is 0 Å². The average molecular weight is 317 g/mol. The predicted octanol–water partition coefficient (Wildman–Crippen LogP) is 4.34. The first-order valence-electron chi connectivity index (χ1n) is 8.21. The van der Waals surface area contributed by atoms with Crippen LogP contribution in [0.3, 0.4) is 0 Å². The Labute approximate surface area is 138 Å². The van der Waals surface area contributed by atoms with Gasteiger partial charge in [0, 0.05) is 17.3 Å². The Balaban J connectivity index is 2.58. The maximum absolute atomic E-state index is 11.9. The average Bonchev–Trinajstić information content (AvgIpc) is 2.48. The number of methoxy groups -OCH3 is 1. The van der Waals surface area contributed by atoms with Gasteiger partial charge in [0.2, 0.25) is 0 Å². The Morgan fingerprint density at radius 3 is 2.65 bits per heavy atom. The molecular formula is C19H27NO3. The molecule has 4 heteroatoms. The first-order chi connectivity index (χ1) is 10.8. The van der Waals surface area contributed by atoms with E-state index >= 15 is 0 Å². The van der Waals surface area contributed by atoms with E-state index in [1.54, 1.807) is 7.11 Å². The van der Waals surface area contributed by atoms with Crippen molar-refractivity contribution < 1.29 is 14.6 Å². The molecular weight excluding hydrogens is 290 g/mol. The number of unbranched alkanes of at least 4 members (excludes halogenated alkanes) is 1. The highest BCUT2D eigenvalue weighted by atomic mass is 16.5. The van der Waals surface area contributed by atoms with E-state index in [4.69, 9.17) is 4.74 Å². The Hall–Kier alpha value is -1.97. The number of allylic oxidation sites excluding steroid dienone is 1. The summed E-state index contributed by atoms with van der Waals surface area (Å²) in [6.45, 7) is 8.30. The van der Waals surface area contributed by atoms with Crippen molar-refractivity contribution in [3.63, 3.8) is 0 Å². The van der Waals surface area contributed by atoms with Gasteiger partial charge in [-0.15, -0.1) is 0 Å². The van der Waals surface area contributed by atoms with Crippen LogP contribution < -0.4 is 9.64 Å². The number of anilines is 1. The molecule has 0 saturated heterocycles. The van der Waals surface area contributed by atoms with Gasteiger partial charge in [0.05, 0.1) is 12.6 Å². The number of nitrogens with zero attached hydrogens (tertiary/aromatic N) is 1. The molecule has 0 saturated carbocycles. The number of carboxylic acid groups (broad SMARTS) is 1. The van der Waals surface area contributed by atoms with Crippen LogP contribution in [-0.4, -0.2) is 29.8 Å². The third-order valence-electron chi connectivity index (χ3n) is 4.51. The van der Waals surface area contributed by atoms with E-state index < -0.39 is 12.0 Å². The lowest BCUT2D eigenvalue weighted by Crippen LogP contribution is -2.54. The minimum absolute atomic E-state index is 0.361. The van der Waals surface area contributed by atoms with Crippen LogP contribution in [0.4, 0.5) is 5.69 Å². The van der Waals surface area contributed by atoms with E-state index in [1.807, 2.05) is 23.1 Å². The summed E-state index contributed by atoms with van der Waals surface area (Å²) in [4.78, 5) is 14.0. The van der Waals surface area contributed by atoms with Crippen molar-refractivity contribution in [2.45, 2.75) is 58.5 Å². The molecule has 1 heterocycles. The molecule has 0 amide bonds. The fraction of sp³-hybridized carbons (Fsp3) is 0.526. The Kier molecular flexibility index (Phi) is 5.03. The standard InChI is InChI=1S/C19H27NO3/c1-6-7-8-16(18(21)22)20-17-11-14(23-5)9-10-15(17)13(2)12-19(20,3)4/h9-12,16H,6-8H2,1-5H3,(H,21,22)/t16-/m0/s1. The normalized spacial score (nSPS) is 17.3. The second-order valence-corrected chi connectivity index (χ2v) is 6.73. The largest absolute Gasteiger partial charge is 0.497 e. The quantitative estimate of drug-likeness (QED) is 0.848. The zero-order valence-electron chi connectivity index (χ0n) is 14.7. The summed E-state index contributed by atoms with van der Waals surface area (Å²) in [5, 5.41) is 9.81. The zero-order valence-corrected chi connectivity index (χ0v) is 14.7. The number of fused-ring (bicyclic) bond motifs is 1. The third kappa shape index (κ3) is 3.36. The maximum Gasteiger partial charge on any atom is 0.326 e. The van der Waals surface area contributed by atoms with Crippen LogP contribution in [0.5, 0.6) is 5.75 Å². The summed E-state index contributed by atoms with van der Waals surface area (Å²) in [6.07, 6.45) is 4.67. The number of ether oxygens (including phenoxy) is 1. The molecule has 1 atom stereocenters. The highest BCUT2D eigenvalue weighted by Gasteiger charge is 2.39. The molecule has 1 aromatic carbocycles. The van der Waals surface area contributed by atoms with Crippen LogP contribution in [0.15, 0.2) is 24.3 Å². The van der Waals surface area contributed by atoms with Crippen LogP contribution in [0.2, 0.25) is 0 Å². The highest BCUT2D eigenvalue weighted by Crippen LogP contribution is 2.42. The first-order valence-corrected chi connectivity index (χ1v) is 8.21. The summed E-state index contributed by atoms with van der Waals surface area (Å²) >= 11 is 0. The zero-order chi connectivity index (χ0) is 17.2. The maximum atomic E-state index is 11.9. The molecule has 0 aromatic heterocycles. The van der Waals surface area contributed by atoms with Gasteiger partial charge in [-0.3, -0.25) is 0 Å². The summed E-state index contributed by atoms with van der Waals surface area (Å²) < 4.78 is 5.36. The number of benzene rings is 1. The van der Waals surface area contributed by atoms with Gasteiger partial charge in [-0.25, -0.2) is 4.79 Å². The number of aliphatic carboxylic acids is 1. The molecule has 1 aromatic rings. The van der Waals surface area contributed by atoms with Crippen molar-refractivity contribution in [3.05, 3.63) is 29.8 Å². The lowest BCUT2D eigenvalue weighted by atomic mass is 9.86. The Morgan fingerprint density at radius 2 is 2.09 bits per heavy atom. The smallest absolute Gasteiger partial charge is 0.326 e. The summed E-state index contributed by atoms with van der Waals surface area (Å²) in [6, 6.07) is 5.35. The molecule has 1 N–H and O–H groups in total. The fourth-order valence-electron chi connectivity index (χ4n) is 3.49. The van der Waals surface area contributed by atoms with Gasteiger partial charge in [-0.2, -0.15) is 0 Å². The summed E-state index contributed by atoms with van der Waals surface area (Å²) in [7, 11) is 1.63. The van der Waals surface area contributed by atoms with Crippen molar-refractivity contribution in [3.8, 4) is 5.75 Å². The van der Waals surface area contributed by atoms with E-state index in [2.05, 4.69) is 33.8 Å². The molecule has 1 aliphatic heterocycles. The number of hydrogen-bond acceptors (Lipinski definition) is 3. The number of carbonyl (C=O) groups is 1. The van der Waals surface area contributed by atoms with Crippen LogP contribution in [-0.2, 0) is 4.79 Å². The Morgan fingerprint density at radius 1 is 1.39 bits per heavy atom. The third-order valence-corrected chi connectivity index (χ3v) is 4.51. The SMILES string of the molecule is CCCC[C@@H](C(=O)O)N1c2cc(OC)ccc2C(C)=CC1(C)C. The van der Waals surface area contributed by atoms with Crippen molar-refractivity contribution in [2.75, 3.05) is 12.0 Å². The number of carboxylic acids is 1. The lowest BCUT2D eigenvalue weighted by molar-refractivity contribution is -0.139. The molecule has 4 nitrogen and oxygen atoms in total. The second kappa shape index (κ2) is 6.65. The molecule has 2 rings (SSSR count). The highest BCUT2D eigenvalue weighted by molar-refractivity contribution is 5.87. The molecule has 0 spiro atoms. The van der Waals surface area contributed by atoms with E-state index in [0.717, 1.165) is 29.8 Å². The summed E-state index contributed by atoms with van der Waals surface area (Å²) in [5.74, 6) is -0.0212. The number of rotatable bonds is 6. The number of hydrogen-bond donors (Lipinski definition) is 1. The molecule has 23 heavy (non-hydrogen) atoms. The minimum atomic E-state index is -0.770. The van der Waals surface area contributed by atoms with Gasteiger partial charge in [-0.05, 0) is 44.9 Å². The van der Waals surface area contributed by atoms with Gasteiger partial charge in [0.15, 0.2) is 0 Å². The molecule has 126 valence electrons. The van der Waals surface area contributed by atoms with Gasteiger partial charge in [-0.1, -0.05) is 25.8 Å². The first kappa shape index (κ1) is 17.4. The van der Waals surface area contributed by atoms with Crippen molar-refractivity contribution in [1.82, 2.24) is 0 Å². The van der Waals surface area contributed by atoms with E-state index in [0.29, 0.717) is 6.42 Å². The molecule has 1 aliphatic rings. The topological polar surface area (TPSA) is 49.8 Å². The summed E-state index contributed by atoms with van der Waals surface area (Å²) in [5.41, 5.74) is 2.83. The Bertz CT molecular complexity index is 619. The van der Waals surface area contributed by atoms with Gasteiger partial charge in [0.25, 0.3) is 0 Å². The van der Waals surface area contributed by atoms with Gasteiger partial charge < -0.3 is 14.7 Å². The molecule has 0 bridgehead atoms.